The van der Waals surface area contributed by atoms with E-state index in [2.05, 4.69) is 0 Å². The molecule has 2 amide bonds. The summed E-state index contributed by atoms with van der Waals surface area (Å²) in [7, 11) is 0. The number of rotatable bonds is 5. The summed E-state index contributed by atoms with van der Waals surface area (Å²) >= 11 is 5.88. The molecule has 0 bridgehead atoms. The first-order valence-corrected chi connectivity index (χ1v) is 8.49. The van der Waals surface area contributed by atoms with Crippen molar-refractivity contribution in [1.29, 1.82) is 0 Å². The minimum atomic E-state index is -0.369. The van der Waals surface area contributed by atoms with Gasteiger partial charge in [0.25, 0.3) is 0 Å². The van der Waals surface area contributed by atoms with Crippen molar-refractivity contribution < 1.29 is 14.0 Å². The van der Waals surface area contributed by atoms with E-state index in [1.165, 1.54) is 17.0 Å². The van der Waals surface area contributed by atoms with Gasteiger partial charge in [0.2, 0.25) is 11.8 Å². The molecule has 0 atom stereocenters. The summed E-state index contributed by atoms with van der Waals surface area (Å²) in [6.45, 7) is 0.807. The van der Waals surface area contributed by atoms with Crippen LogP contribution in [0.25, 0.3) is 0 Å². The number of nitrogens with zero attached hydrogens (tertiary/aromatic N) is 2. The second kappa shape index (κ2) is 7.66. The van der Waals surface area contributed by atoms with Crippen molar-refractivity contribution in [2.75, 3.05) is 18.1 Å². The summed E-state index contributed by atoms with van der Waals surface area (Å²) in [6.07, 6.45) is 1.47. The first-order chi connectivity index (χ1) is 12.0. The molecular weight excluding hydrogens is 343 g/mol. The predicted molar refractivity (Wildman–Crippen MR) is 94.9 cm³/mol. The standard InChI is InChI=1S/C19H18ClFN2O2/c20-15-5-3-14(4-6-15)12-19(25)23(13-22-11-1-2-18(22)24)17-9-7-16(21)8-10-17/h3-10H,1-2,11-13H2. The topological polar surface area (TPSA) is 40.6 Å². The number of carbonyl (C=O) groups is 2. The Morgan fingerprint density at radius 2 is 1.80 bits per heavy atom. The molecule has 0 N–H and O–H groups in total. The number of anilines is 1. The van der Waals surface area contributed by atoms with Crippen LogP contribution in [0.3, 0.4) is 0 Å². The van der Waals surface area contributed by atoms with Gasteiger partial charge >= 0.3 is 0 Å². The molecule has 1 aliphatic rings. The molecule has 0 unspecified atom stereocenters. The molecule has 3 rings (SSSR count). The minimum Gasteiger partial charge on any atom is -0.324 e. The molecule has 0 radical (unpaired) electrons. The molecule has 0 saturated carbocycles. The second-order valence-corrected chi connectivity index (χ2v) is 6.44. The summed E-state index contributed by atoms with van der Waals surface area (Å²) in [4.78, 5) is 27.9. The Bertz CT molecular complexity index is 762. The molecule has 1 fully saturated rings. The summed E-state index contributed by atoms with van der Waals surface area (Å²) in [5.41, 5.74) is 1.40. The fourth-order valence-corrected chi connectivity index (χ4v) is 2.95. The first-order valence-electron chi connectivity index (χ1n) is 8.11. The Labute approximate surface area is 150 Å². The largest absolute Gasteiger partial charge is 0.324 e. The van der Waals surface area contributed by atoms with E-state index in [9.17, 15) is 14.0 Å². The quantitative estimate of drug-likeness (QED) is 0.816. The van der Waals surface area contributed by atoms with Gasteiger partial charge in [-0.2, -0.15) is 0 Å². The normalized spacial score (nSPS) is 14.0. The third-order valence-corrected chi connectivity index (χ3v) is 4.44. The van der Waals surface area contributed by atoms with E-state index in [4.69, 9.17) is 11.6 Å². The van der Waals surface area contributed by atoms with Gasteiger partial charge in [0.15, 0.2) is 0 Å². The van der Waals surface area contributed by atoms with Gasteiger partial charge < -0.3 is 4.90 Å². The van der Waals surface area contributed by atoms with Gasteiger partial charge in [0.1, 0.15) is 12.5 Å². The van der Waals surface area contributed by atoms with E-state index in [0.717, 1.165) is 12.0 Å². The highest BCUT2D eigenvalue weighted by atomic mass is 35.5. The Balaban J connectivity index is 1.81. The van der Waals surface area contributed by atoms with Gasteiger partial charge in [0, 0.05) is 23.7 Å². The van der Waals surface area contributed by atoms with E-state index < -0.39 is 0 Å². The highest BCUT2D eigenvalue weighted by molar-refractivity contribution is 6.30. The monoisotopic (exact) mass is 360 g/mol. The van der Waals surface area contributed by atoms with Crippen molar-refractivity contribution in [3.8, 4) is 0 Å². The van der Waals surface area contributed by atoms with E-state index in [1.54, 1.807) is 41.3 Å². The zero-order valence-electron chi connectivity index (χ0n) is 13.6. The average Bonchev–Trinajstić information content (AvgIpc) is 3.00. The maximum absolute atomic E-state index is 13.2. The van der Waals surface area contributed by atoms with E-state index in [1.807, 2.05) is 0 Å². The Hall–Kier alpha value is -2.40. The summed E-state index contributed by atoms with van der Waals surface area (Å²) in [5.74, 6) is -0.494. The molecule has 130 valence electrons. The van der Waals surface area contributed by atoms with Gasteiger partial charge in [0.05, 0.1) is 6.42 Å². The van der Waals surface area contributed by atoms with Gasteiger partial charge in [-0.15, -0.1) is 0 Å². The smallest absolute Gasteiger partial charge is 0.232 e. The fourth-order valence-electron chi connectivity index (χ4n) is 2.82. The fraction of sp³-hybridized carbons (Fsp3) is 0.263. The minimum absolute atomic E-state index is 0.0337. The lowest BCUT2D eigenvalue weighted by atomic mass is 10.1. The van der Waals surface area contributed by atoms with Gasteiger partial charge in [-0.3, -0.25) is 14.5 Å². The molecule has 1 saturated heterocycles. The Morgan fingerprint density at radius 1 is 1.12 bits per heavy atom. The zero-order chi connectivity index (χ0) is 17.8. The molecule has 2 aromatic carbocycles. The summed E-state index contributed by atoms with van der Waals surface area (Å²) in [6, 6.07) is 12.8. The van der Waals surface area contributed by atoms with E-state index in [-0.39, 0.29) is 30.7 Å². The number of amides is 2. The van der Waals surface area contributed by atoms with Crippen molar-refractivity contribution in [1.82, 2.24) is 4.90 Å². The van der Waals surface area contributed by atoms with Crippen molar-refractivity contribution in [2.45, 2.75) is 19.3 Å². The number of hydrogen-bond donors (Lipinski definition) is 0. The van der Waals surface area contributed by atoms with Crippen molar-refractivity contribution in [2.24, 2.45) is 0 Å². The molecular formula is C19H18ClFN2O2. The molecule has 1 aliphatic heterocycles. The number of carbonyl (C=O) groups excluding carboxylic acids is 2. The van der Waals surface area contributed by atoms with Crippen LogP contribution in [0.5, 0.6) is 0 Å². The van der Waals surface area contributed by atoms with Gasteiger partial charge in [-0.1, -0.05) is 23.7 Å². The molecule has 2 aromatic rings. The SMILES string of the molecule is O=C1CCCN1CN(C(=O)Cc1ccc(Cl)cc1)c1ccc(F)cc1. The van der Waals surface area contributed by atoms with Crippen LogP contribution >= 0.6 is 11.6 Å². The lowest BCUT2D eigenvalue weighted by Crippen LogP contribution is -2.43. The van der Waals surface area contributed by atoms with E-state index in [0.29, 0.717) is 23.7 Å². The second-order valence-electron chi connectivity index (χ2n) is 6.00. The maximum atomic E-state index is 13.2. The van der Waals surface area contributed by atoms with Crippen molar-refractivity contribution in [3.63, 3.8) is 0 Å². The van der Waals surface area contributed by atoms with E-state index >= 15 is 0 Å². The first kappa shape index (κ1) is 17.4. The van der Waals surface area contributed by atoms with Crippen molar-refractivity contribution in [3.05, 3.63) is 64.9 Å². The van der Waals surface area contributed by atoms with Gasteiger partial charge in [-0.05, 0) is 48.4 Å². The highest BCUT2D eigenvalue weighted by Gasteiger charge is 2.25. The van der Waals surface area contributed by atoms with Crippen LogP contribution in [-0.4, -0.2) is 29.9 Å². The number of likely N-dealkylation sites (tertiary alicyclic amines) is 1. The molecule has 25 heavy (non-hydrogen) atoms. The van der Waals surface area contributed by atoms with Crippen LogP contribution in [0.15, 0.2) is 48.5 Å². The molecule has 0 aromatic heterocycles. The molecule has 0 spiro atoms. The summed E-state index contributed by atoms with van der Waals surface area (Å²) in [5, 5.41) is 0.606. The predicted octanol–water partition coefficient (Wildman–Crippen LogP) is 3.63. The lowest BCUT2D eigenvalue weighted by molar-refractivity contribution is -0.128. The Morgan fingerprint density at radius 3 is 2.40 bits per heavy atom. The third kappa shape index (κ3) is 4.37. The zero-order valence-corrected chi connectivity index (χ0v) is 14.4. The van der Waals surface area contributed by atoms with Crippen molar-refractivity contribution >= 4 is 29.1 Å². The van der Waals surface area contributed by atoms with Crippen LogP contribution in [0, 0.1) is 5.82 Å². The van der Waals surface area contributed by atoms with Crippen LogP contribution in [0.4, 0.5) is 10.1 Å². The molecule has 6 heteroatoms. The number of halogens is 2. The lowest BCUT2D eigenvalue weighted by Gasteiger charge is -2.28. The number of hydrogen-bond acceptors (Lipinski definition) is 2. The van der Waals surface area contributed by atoms with Crippen LogP contribution in [0.1, 0.15) is 18.4 Å². The Kier molecular flexibility index (Phi) is 5.34. The molecule has 1 heterocycles. The highest BCUT2D eigenvalue weighted by Crippen LogP contribution is 2.20. The van der Waals surface area contributed by atoms with Crippen LogP contribution in [-0.2, 0) is 16.0 Å². The van der Waals surface area contributed by atoms with Crippen LogP contribution < -0.4 is 4.90 Å². The number of benzene rings is 2. The van der Waals surface area contributed by atoms with Gasteiger partial charge in [-0.25, -0.2) is 4.39 Å². The molecule has 4 nitrogen and oxygen atoms in total. The third-order valence-electron chi connectivity index (χ3n) is 4.19. The summed E-state index contributed by atoms with van der Waals surface area (Å²) < 4.78 is 13.2. The molecule has 0 aliphatic carbocycles. The maximum Gasteiger partial charge on any atom is 0.232 e. The van der Waals surface area contributed by atoms with Crippen LogP contribution in [0.2, 0.25) is 5.02 Å². The average molecular weight is 361 g/mol.